The van der Waals surface area contributed by atoms with Crippen LogP contribution in [0.15, 0.2) is 72.8 Å². The van der Waals surface area contributed by atoms with Gasteiger partial charge in [0.25, 0.3) is 0 Å². The number of aryl methyl sites for hydroxylation is 2. The number of hydrogen-bond acceptors (Lipinski definition) is 9. The molecular formula is C46H63N3O8. The fraction of sp³-hybridized carbons (Fsp3) is 0.500. The summed E-state index contributed by atoms with van der Waals surface area (Å²) in [6.45, 7) is 11.4. The predicted molar refractivity (Wildman–Crippen MR) is 221 cm³/mol. The van der Waals surface area contributed by atoms with Crippen LogP contribution < -0.4 is 0 Å². The van der Waals surface area contributed by atoms with Gasteiger partial charge in [-0.05, 0) is 75.5 Å². The molecule has 0 aliphatic heterocycles. The van der Waals surface area contributed by atoms with Crippen molar-refractivity contribution < 1.29 is 38.6 Å². The van der Waals surface area contributed by atoms with E-state index in [0.717, 1.165) is 22.3 Å². The van der Waals surface area contributed by atoms with Gasteiger partial charge in [0.05, 0.1) is 7.11 Å². The summed E-state index contributed by atoms with van der Waals surface area (Å²) >= 11 is 0. The first-order valence-electron chi connectivity index (χ1n) is 19.8. The number of phenolic OH excluding ortho intramolecular Hbond substituents is 1. The normalized spacial score (nSPS) is 14.5. The Kier molecular flexibility index (Phi) is 17.5. The van der Waals surface area contributed by atoms with Gasteiger partial charge in [-0.3, -0.25) is 24.1 Å². The number of esters is 2. The van der Waals surface area contributed by atoms with Crippen molar-refractivity contribution >= 4 is 29.5 Å². The average Bonchev–Trinajstić information content (AvgIpc) is 3.19. The number of carbonyl (C=O) groups is 5. The van der Waals surface area contributed by atoms with Crippen LogP contribution in [0.5, 0.6) is 5.75 Å². The Morgan fingerprint density at radius 1 is 0.632 bits per heavy atom. The van der Waals surface area contributed by atoms with Gasteiger partial charge in [0.2, 0.25) is 11.8 Å². The maximum atomic E-state index is 14.6. The van der Waals surface area contributed by atoms with Crippen molar-refractivity contribution in [2.75, 3.05) is 35.3 Å². The van der Waals surface area contributed by atoms with Crippen LogP contribution in [0, 0.1) is 31.6 Å². The highest BCUT2D eigenvalue weighted by Crippen LogP contribution is 2.26. The van der Waals surface area contributed by atoms with E-state index in [4.69, 9.17) is 9.47 Å². The summed E-state index contributed by atoms with van der Waals surface area (Å²) in [6, 6.07) is 19.2. The second kappa shape index (κ2) is 21.5. The number of Topliss-reactive ketones (excluding diaryl/α,β-unsaturated/α-hetero) is 1. The summed E-state index contributed by atoms with van der Waals surface area (Å²) in [5.41, 5.74) is 4.63. The average molecular weight is 786 g/mol. The second-order valence-corrected chi connectivity index (χ2v) is 15.9. The van der Waals surface area contributed by atoms with Crippen LogP contribution in [0.25, 0.3) is 0 Å². The molecule has 0 saturated carbocycles. The molecule has 0 unspecified atom stereocenters. The maximum absolute atomic E-state index is 14.6. The molecule has 0 aromatic heterocycles. The largest absolute Gasteiger partial charge is 0.508 e. The first-order valence-corrected chi connectivity index (χ1v) is 19.8. The number of hydrogen-bond donors (Lipinski definition) is 1. The van der Waals surface area contributed by atoms with Gasteiger partial charge in [-0.15, -0.1) is 0 Å². The Morgan fingerprint density at radius 2 is 1.07 bits per heavy atom. The molecule has 57 heavy (non-hydrogen) atoms. The minimum Gasteiger partial charge on any atom is -0.508 e. The third-order valence-corrected chi connectivity index (χ3v) is 11.0. The lowest BCUT2D eigenvalue weighted by atomic mass is 9.85. The van der Waals surface area contributed by atoms with Crippen LogP contribution in [0.1, 0.15) is 68.4 Å². The molecule has 310 valence electrons. The number of carbonyl (C=O) groups excluding carboxylic acids is 5. The molecule has 0 aliphatic rings. The molecule has 0 radical (unpaired) electrons. The lowest BCUT2D eigenvalue weighted by Gasteiger charge is -2.36. The van der Waals surface area contributed by atoms with E-state index in [-0.39, 0.29) is 42.6 Å². The number of ketones is 1. The van der Waals surface area contributed by atoms with Crippen LogP contribution >= 0.6 is 0 Å². The van der Waals surface area contributed by atoms with Gasteiger partial charge in [-0.2, -0.15) is 0 Å². The Balaban J connectivity index is 1.93. The van der Waals surface area contributed by atoms with Gasteiger partial charge in [-0.25, -0.2) is 4.79 Å². The number of ether oxygens (including phenoxy) is 2. The number of benzene rings is 3. The first-order chi connectivity index (χ1) is 26.9. The number of rotatable bonds is 20. The maximum Gasteiger partial charge on any atom is 0.328 e. The molecule has 1 N–H and O–H groups in total. The number of nitrogens with zero attached hydrogens (tertiary/aromatic N) is 3. The van der Waals surface area contributed by atoms with E-state index >= 15 is 0 Å². The van der Waals surface area contributed by atoms with Crippen molar-refractivity contribution in [3.8, 4) is 5.75 Å². The summed E-state index contributed by atoms with van der Waals surface area (Å²) < 4.78 is 11.2. The van der Waals surface area contributed by atoms with Gasteiger partial charge >= 0.3 is 11.9 Å². The van der Waals surface area contributed by atoms with E-state index in [1.54, 1.807) is 31.1 Å². The Morgan fingerprint density at radius 3 is 1.51 bits per heavy atom. The quantitative estimate of drug-likeness (QED) is 0.137. The van der Waals surface area contributed by atoms with Crippen LogP contribution in [0.3, 0.4) is 0 Å². The van der Waals surface area contributed by atoms with Crippen molar-refractivity contribution in [3.63, 3.8) is 0 Å². The van der Waals surface area contributed by atoms with Crippen molar-refractivity contribution in [1.82, 2.24) is 14.7 Å². The molecule has 6 atom stereocenters. The molecule has 11 nitrogen and oxygen atoms in total. The lowest BCUT2D eigenvalue weighted by Crippen LogP contribution is -2.55. The topological polar surface area (TPSA) is 134 Å². The standard InChI is InChI=1S/C46H63N3O8/c1-12-32(6)42(57-46(55)39(47(7)8)26-33-17-13-30(4)14-18-33)41(51)28-37(29(2)3)43(52)48(9)38(25-35-21-23-36(50)24-22-35)44(53)49(10)40(45(54)56-11)27-34-19-15-31(5)16-20-34/h13-24,29,32,37-40,42,50H,12,25-28H2,1-11H3/t32-,37-,38+,39-,40+,42-/m1/s1. The Labute approximate surface area is 339 Å². The highest BCUT2D eigenvalue weighted by atomic mass is 16.5. The van der Waals surface area contributed by atoms with Crippen molar-refractivity contribution in [2.24, 2.45) is 17.8 Å². The van der Waals surface area contributed by atoms with Gasteiger partial charge in [0.15, 0.2) is 11.9 Å². The Bertz CT molecular complexity index is 1790. The molecule has 3 aromatic rings. The highest BCUT2D eigenvalue weighted by Gasteiger charge is 2.40. The Hall–Kier alpha value is -5.03. The summed E-state index contributed by atoms with van der Waals surface area (Å²) in [6.07, 6.45) is -0.0562. The molecule has 0 aliphatic carbocycles. The predicted octanol–water partition coefficient (Wildman–Crippen LogP) is 5.98. The molecular weight excluding hydrogens is 723 g/mol. The number of amides is 2. The van der Waals surface area contributed by atoms with E-state index in [0.29, 0.717) is 18.4 Å². The summed E-state index contributed by atoms with van der Waals surface area (Å²) in [4.78, 5) is 74.7. The van der Waals surface area contributed by atoms with Gasteiger partial charge in [0, 0.05) is 45.2 Å². The minimum absolute atomic E-state index is 0.0500. The van der Waals surface area contributed by atoms with Crippen molar-refractivity contribution in [1.29, 1.82) is 0 Å². The highest BCUT2D eigenvalue weighted by molar-refractivity contribution is 5.94. The number of aromatic hydroxyl groups is 1. The summed E-state index contributed by atoms with van der Waals surface area (Å²) in [5, 5.41) is 9.95. The van der Waals surface area contributed by atoms with Gasteiger partial charge in [-0.1, -0.05) is 99.5 Å². The molecule has 11 heteroatoms. The molecule has 0 heterocycles. The van der Waals surface area contributed by atoms with Crippen LogP contribution in [-0.4, -0.2) is 109 Å². The van der Waals surface area contributed by atoms with Crippen molar-refractivity contribution in [3.05, 3.63) is 101 Å². The van der Waals surface area contributed by atoms with Crippen LogP contribution in [0.4, 0.5) is 0 Å². The second-order valence-electron chi connectivity index (χ2n) is 15.9. The van der Waals surface area contributed by atoms with E-state index in [2.05, 4.69) is 0 Å². The minimum atomic E-state index is -1.08. The first kappa shape index (κ1) is 46.4. The summed E-state index contributed by atoms with van der Waals surface area (Å²) in [5.74, 6) is -3.85. The van der Waals surface area contributed by atoms with E-state index in [9.17, 15) is 29.1 Å². The molecule has 0 fully saturated rings. The number of likely N-dealkylation sites (N-methyl/N-ethyl adjacent to an activating group) is 3. The molecule has 3 aromatic carbocycles. The number of phenols is 1. The van der Waals surface area contributed by atoms with E-state index in [1.165, 1.54) is 43.1 Å². The van der Waals surface area contributed by atoms with Crippen LogP contribution in [-0.2, 0) is 52.7 Å². The van der Waals surface area contributed by atoms with Gasteiger partial charge in [0.1, 0.15) is 23.9 Å². The zero-order valence-corrected chi connectivity index (χ0v) is 35.7. The lowest BCUT2D eigenvalue weighted by molar-refractivity contribution is -0.163. The smallest absolute Gasteiger partial charge is 0.328 e. The zero-order valence-electron chi connectivity index (χ0n) is 35.7. The van der Waals surface area contributed by atoms with Crippen LogP contribution in [0.2, 0.25) is 0 Å². The fourth-order valence-corrected chi connectivity index (χ4v) is 6.79. The number of methoxy groups -OCH3 is 1. The third-order valence-electron chi connectivity index (χ3n) is 11.0. The SMILES string of the molecule is CC[C@@H](C)[C@@H](OC(=O)[C@@H](Cc1ccc(C)cc1)N(C)C)C(=O)C[C@@H](C(=O)N(C)[C@@H](Cc1ccc(O)cc1)C(=O)N(C)[C@@H](Cc1ccc(C)cc1)C(=O)OC)C(C)C. The van der Waals surface area contributed by atoms with Gasteiger partial charge < -0.3 is 24.4 Å². The third kappa shape index (κ3) is 13.0. The molecule has 2 amide bonds. The molecule has 3 rings (SSSR count). The monoisotopic (exact) mass is 785 g/mol. The van der Waals surface area contributed by atoms with E-state index in [1.807, 2.05) is 90.1 Å². The fourth-order valence-electron chi connectivity index (χ4n) is 6.79. The summed E-state index contributed by atoms with van der Waals surface area (Å²) in [7, 11) is 7.92. The molecule has 0 saturated heterocycles. The molecule has 0 spiro atoms. The molecule has 0 bridgehead atoms. The van der Waals surface area contributed by atoms with E-state index < -0.39 is 53.9 Å². The van der Waals surface area contributed by atoms with Crippen molar-refractivity contribution in [2.45, 2.75) is 97.9 Å². The zero-order chi connectivity index (χ0) is 42.6.